The van der Waals surface area contributed by atoms with Gasteiger partial charge in [-0.05, 0) is 61.6 Å². The fourth-order valence-corrected chi connectivity index (χ4v) is 3.33. The molecule has 1 unspecified atom stereocenters. The molecule has 4 heterocycles. The molecule has 1 saturated heterocycles. The van der Waals surface area contributed by atoms with Crippen molar-refractivity contribution in [2.24, 2.45) is 0 Å². The van der Waals surface area contributed by atoms with Crippen LogP contribution in [0.25, 0.3) is 22.5 Å². The number of nitrogens with one attached hydrogen (secondary N) is 2. The first-order valence-corrected chi connectivity index (χ1v) is 7.56. The molecular weight excluding hydrogens is 262 g/mol. The van der Waals surface area contributed by atoms with Gasteiger partial charge in [0.05, 0.1) is 12.0 Å². The molecule has 4 rings (SSSR count). The maximum atomic E-state index is 5.63. The third-order valence-electron chi connectivity index (χ3n) is 4.30. The molecule has 1 atom stereocenters. The zero-order chi connectivity index (χ0) is 14.2. The summed E-state index contributed by atoms with van der Waals surface area (Å²) in [5.74, 6) is 1.41. The average molecular weight is 281 g/mol. The van der Waals surface area contributed by atoms with Gasteiger partial charge in [-0.3, -0.25) is 0 Å². The summed E-state index contributed by atoms with van der Waals surface area (Å²) in [7, 11) is 0. The van der Waals surface area contributed by atoms with Crippen molar-refractivity contribution >= 4 is 11.0 Å². The van der Waals surface area contributed by atoms with Crippen LogP contribution in [0.15, 0.2) is 35.1 Å². The van der Waals surface area contributed by atoms with Gasteiger partial charge in [0, 0.05) is 18.1 Å². The van der Waals surface area contributed by atoms with Crippen LogP contribution in [0.4, 0.5) is 0 Å². The second-order valence-corrected chi connectivity index (χ2v) is 5.84. The van der Waals surface area contributed by atoms with Gasteiger partial charge in [-0.1, -0.05) is 0 Å². The number of aryl methyl sites for hydroxylation is 1. The summed E-state index contributed by atoms with van der Waals surface area (Å²) < 4.78 is 5.63. The summed E-state index contributed by atoms with van der Waals surface area (Å²) in [5.41, 5.74) is 4.58. The maximum Gasteiger partial charge on any atom is 0.150 e. The van der Waals surface area contributed by atoms with Crippen molar-refractivity contribution in [2.75, 3.05) is 13.1 Å². The zero-order valence-corrected chi connectivity index (χ0v) is 12.1. The minimum Gasteiger partial charge on any atom is -0.463 e. The second-order valence-electron chi connectivity index (χ2n) is 5.84. The summed E-state index contributed by atoms with van der Waals surface area (Å²) in [4.78, 5) is 8.01. The molecule has 0 amide bonds. The molecule has 0 aliphatic carbocycles. The highest BCUT2D eigenvalue weighted by Crippen LogP contribution is 2.38. The Bertz CT molecular complexity index is 752. The molecule has 3 aromatic heterocycles. The third kappa shape index (κ3) is 2.16. The minimum absolute atomic E-state index is 0.510. The second kappa shape index (κ2) is 5.04. The Morgan fingerprint density at radius 3 is 3.10 bits per heavy atom. The number of pyridine rings is 1. The van der Waals surface area contributed by atoms with Crippen molar-refractivity contribution < 1.29 is 4.42 Å². The van der Waals surface area contributed by atoms with E-state index in [4.69, 9.17) is 4.42 Å². The average Bonchev–Trinajstić information content (AvgIpc) is 3.14. The summed E-state index contributed by atoms with van der Waals surface area (Å²) >= 11 is 0. The molecule has 1 aliphatic heterocycles. The molecule has 3 aromatic rings. The quantitative estimate of drug-likeness (QED) is 0.754. The normalized spacial score (nSPS) is 19.2. The first kappa shape index (κ1) is 12.7. The van der Waals surface area contributed by atoms with Crippen molar-refractivity contribution in [1.29, 1.82) is 0 Å². The lowest BCUT2D eigenvalue weighted by atomic mass is 9.89. The number of nitrogens with zero attached hydrogens (tertiary/aromatic N) is 1. The molecule has 1 aliphatic rings. The van der Waals surface area contributed by atoms with E-state index in [9.17, 15) is 0 Å². The molecule has 4 heteroatoms. The number of piperidine rings is 1. The van der Waals surface area contributed by atoms with Gasteiger partial charge in [-0.2, -0.15) is 0 Å². The van der Waals surface area contributed by atoms with E-state index >= 15 is 0 Å². The predicted molar refractivity (Wildman–Crippen MR) is 83.4 cm³/mol. The lowest BCUT2D eigenvalue weighted by Gasteiger charge is -2.23. The highest BCUT2D eigenvalue weighted by Gasteiger charge is 2.25. The molecule has 0 spiro atoms. The Balaban J connectivity index is 1.94. The van der Waals surface area contributed by atoms with E-state index in [1.54, 1.807) is 6.26 Å². The first-order chi connectivity index (χ1) is 10.3. The molecule has 21 heavy (non-hydrogen) atoms. The molecule has 2 N–H and O–H groups in total. The third-order valence-corrected chi connectivity index (χ3v) is 4.30. The van der Waals surface area contributed by atoms with E-state index < -0.39 is 0 Å². The van der Waals surface area contributed by atoms with Crippen LogP contribution in [0, 0.1) is 6.92 Å². The van der Waals surface area contributed by atoms with Crippen LogP contribution in [0.3, 0.4) is 0 Å². The van der Waals surface area contributed by atoms with Crippen LogP contribution in [0.1, 0.15) is 29.9 Å². The molecule has 4 nitrogen and oxygen atoms in total. The molecular formula is C17H19N3O. The van der Waals surface area contributed by atoms with Gasteiger partial charge in [0.2, 0.25) is 0 Å². The van der Waals surface area contributed by atoms with E-state index in [1.165, 1.54) is 29.4 Å². The summed E-state index contributed by atoms with van der Waals surface area (Å²) in [6, 6.07) is 6.18. The predicted octanol–water partition coefficient (Wildman–Crippen LogP) is 3.60. The Hall–Kier alpha value is -2.07. The lowest BCUT2D eigenvalue weighted by molar-refractivity contribution is 0.463. The van der Waals surface area contributed by atoms with E-state index in [-0.39, 0.29) is 0 Å². The van der Waals surface area contributed by atoms with E-state index in [0.29, 0.717) is 5.92 Å². The van der Waals surface area contributed by atoms with Gasteiger partial charge in [-0.25, -0.2) is 4.98 Å². The number of furan rings is 1. The topological polar surface area (TPSA) is 53.9 Å². The number of hydrogen-bond donors (Lipinski definition) is 2. The van der Waals surface area contributed by atoms with Crippen LogP contribution in [0.5, 0.6) is 0 Å². The van der Waals surface area contributed by atoms with Crippen LogP contribution >= 0.6 is 0 Å². The fraction of sp³-hybridized carbons (Fsp3) is 0.353. The van der Waals surface area contributed by atoms with Gasteiger partial charge < -0.3 is 14.7 Å². The van der Waals surface area contributed by atoms with Crippen molar-refractivity contribution in [2.45, 2.75) is 25.7 Å². The number of H-pyrrole nitrogens is 1. The maximum absolute atomic E-state index is 5.63. The molecule has 0 bridgehead atoms. The van der Waals surface area contributed by atoms with Crippen LogP contribution < -0.4 is 5.32 Å². The van der Waals surface area contributed by atoms with E-state index in [0.717, 1.165) is 30.2 Å². The van der Waals surface area contributed by atoms with E-state index in [2.05, 4.69) is 28.3 Å². The van der Waals surface area contributed by atoms with Gasteiger partial charge in [0.15, 0.2) is 0 Å². The number of aromatic amines is 1. The van der Waals surface area contributed by atoms with Crippen molar-refractivity contribution in [1.82, 2.24) is 15.3 Å². The molecule has 0 aromatic carbocycles. The van der Waals surface area contributed by atoms with Crippen LogP contribution in [-0.4, -0.2) is 23.1 Å². The highest BCUT2D eigenvalue weighted by molar-refractivity contribution is 5.88. The number of aromatic nitrogens is 2. The highest BCUT2D eigenvalue weighted by atomic mass is 16.3. The van der Waals surface area contributed by atoms with Crippen molar-refractivity contribution in [3.05, 3.63) is 41.8 Å². The Labute approximate surface area is 123 Å². The lowest BCUT2D eigenvalue weighted by Crippen LogP contribution is -2.28. The smallest absolute Gasteiger partial charge is 0.150 e. The summed E-state index contributed by atoms with van der Waals surface area (Å²) in [6.45, 7) is 4.23. The number of fused-ring (bicyclic) bond motifs is 1. The SMILES string of the molecule is Cc1cnc2[nH]c(-c3ccco3)c(C3CCCNC3)c2c1. The van der Waals surface area contributed by atoms with Gasteiger partial charge in [-0.15, -0.1) is 0 Å². The Kier molecular flexibility index (Phi) is 3.04. The molecule has 1 fully saturated rings. The standard InChI is InChI=1S/C17H19N3O/c1-11-8-13-15(12-4-2-6-18-10-12)16(14-5-3-7-21-14)20-17(13)19-9-11/h3,5,7-9,12,18H,2,4,6,10H2,1H3,(H,19,20). The Morgan fingerprint density at radius 2 is 2.33 bits per heavy atom. The monoisotopic (exact) mass is 281 g/mol. The minimum atomic E-state index is 0.510. The zero-order valence-electron chi connectivity index (χ0n) is 12.1. The number of rotatable bonds is 2. The first-order valence-electron chi connectivity index (χ1n) is 7.56. The van der Waals surface area contributed by atoms with Crippen molar-refractivity contribution in [3.63, 3.8) is 0 Å². The van der Waals surface area contributed by atoms with Gasteiger partial charge in [0.1, 0.15) is 11.4 Å². The van der Waals surface area contributed by atoms with E-state index in [1.807, 2.05) is 18.3 Å². The molecule has 0 radical (unpaired) electrons. The van der Waals surface area contributed by atoms with Crippen LogP contribution in [0.2, 0.25) is 0 Å². The van der Waals surface area contributed by atoms with Gasteiger partial charge in [0.25, 0.3) is 0 Å². The van der Waals surface area contributed by atoms with Crippen LogP contribution in [-0.2, 0) is 0 Å². The number of hydrogen-bond acceptors (Lipinski definition) is 3. The fourth-order valence-electron chi connectivity index (χ4n) is 3.33. The Morgan fingerprint density at radius 1 is 1.38 bits per heavy atom. The summed E-state index contributed by atoms with van der Waals surface area (Å²) in [5, 5.41) is 4.74. The molecule has 108 valence electrons. The molecule has 0 saturated carbocycles. The summed E-state index contributed by atoms with van der Waals surface area (Å²) in [6.07, 6.45) is 6.06. The van der Waals surface area contributed by atoms with Crippen molar-refractivity contribution in [3.8, 4) is 11.5 Å². The van der Waals surface area contributed by atoms with Gasteiger partial charge >= 0.3 is 0 Å². The largest absolute Gasteiger partial charge is 0.463 e.